The zero-order valence-electron chi connectivity index (χ0n) is 17.3. The molecule has 1 saturated heterocycles. The van der Waals surface area contributed by atoms with Crippen LogP contribution in [0, 0.1) is 0 Å². The second-order valence-corrected chi connectivity index (χ2v) is 8.91. The number of aromatic nitrogens is 2. The standard InChI is InChI=1S/C24H21ClN4O2S/c25-19-8-6-18(7-9-19)23-27-20(16-32-23)15-28-10-12-29(13-11-28)24(30)22-26-14-21(31-22)17-4-2-1-3-5-17/h1-9,14,16H,10-13,15H2. The molecule has 0 aliphatic carbocycles. The fourth-order valence-corrected chi connectivity index (χ4v) is 4.63. The maximum absolute atomic E-state index is 12.8. The van der Waals surface area contributed by atoms with Gasteiger partial charge in [0, 0.05) is 54.3 Å². The number of nitrogens with zero attached hydrogens (tertiary/aromatic N) is 4. The number of halogens is 1. The molecular formula is C24H21ClN4O2S. The highest BCUT2D eigenvalue weighted by Crippen LogP contribution is 2.26. The van der Waals surface area contributed by atoms with Gasteiger partial charge in [0.05, 0.1) is 11.9 Å². The minimum Gasteiger partial charge on any atom is -0.432 e. The molecule has 0 unspecified atom stereocenters. The van der Waals surface area contributed by atoms with Gasteiger partial charge in [-0.3, -0.25) is 9.69 Å². The average molecular weight is 465 g/mol. The Morgan fingerprint density at radius 2 is 1.75 bits per heavy atom. The van der Waals surface area contributed by atoms with Crippen molar-refractivity contribution >= 4 is 28.8 Å². The Hall–Kier alpha value is -3.00. The van der Waals surface area contributed by atoms with Gasteiger partial charge in [0.2, 0.25) is 0 Å². The highest BCUT2D eigenvalue weighted by atomic mass is 35.5. The summed E-state index contributed by atoms with van der Waals surface area (Å²) in [6.45, 7) is 3.60. The number of benzene rings is 2. The Labute approximate surface area is 195 Å². The molecule has 0 N–H and O–H groups in total. The molecule has 1 aliphatic heterocycles. The Kier molecular flexibility index (Phi) is 6.03. The highest BCUT2D eigenvalue weighted by Gasteiger charge is 2.26. The first-order chi connectivity index (χ1) is 15.7. The molecule has 1 amide bonds. The summed E-state index contributed by atoms with van der Waals surface area (Å²) in [7, 11) is 0. The first kappa shape index (κ1) is 20.9. The number of rotatable bonds is 5. The van der Waals surface area contributed by atoms with Crippen LogP contribution in [0.3, 0.4) is 0 Å². The van der Waals surface area contributed by atoms with Crippen molar-refractivity contribution in [3.8, 4) is 21.9 Å². The first-order valence-electron chi connectivity index (χ1n) is 10.4. The van der Waals surface area contributed by atoms with Crippen LogP contribution in [0.25, 0.3) is 21.9 Å². The normalized spacial score (nSPS) is 14.6. The van der Waals surface area contributed by atoms with Gasteiger partial charge in [-0.1, -0.05) is 54.1 Å². The topological polar surface area (TPSA) is 62.5 Å². The molecule has 1 fully saturated rings. The van der Waals surface area contributed by atoms with Gasteiger partial charge >= 0.3 is 5.91 Å². The number of carbonyl (C=O) groups is 1. The summed E-state index contributed by atoms with van der Waals surface area (Å²) in [5, 5.41) is 3.81. The van der Waals surface area contributed by atoms with Gasteiger partial charge < -0.3 is 9.32 Å². The molecule has 1 aliphatic rings. The summed E-state index contributed by atoms with van der Waals surface area (Å²) in [5.74, 6) is 0.586. The Bertz CT molecular complexity index is 1200. The molecule has 8 heteroatoms. The van der Waals surface area contributed by atoms with Crippen molar-refractivity contribution in [2.75, 3.05) is 26.2 Å². The van der Waals surface area contributed by atoms with E-state index in [1.807, 2.05) is 54.6 Å². The fraction of sp³-hybridized carbons (Fsp3) is 0.208. The lowest BCUT2D eigenvalue weighted by atomic mass is 10.2. The number of carbonyl (C=O) groups excluding carboxylic acids is 1. The highest BCUT2D eigenvalue weighted by molar-refractivity contribution is 7.13. The lowest BCUT2D eigenvalue weighted by Gasteiger charge is -2.33. The van der Waals surface area contributed by atoms with Crippen LogP contribution in [-0.4, -0.2) is 51.9 Å². The van der Waals surface area contributed by atoms with Crippen molar-refractivity contribution in [2.45, 2.75) is 6.54 Å². The van der Waals surface area contributed by atoms with E-state index in [1.165, 1.54) is 0 Å². The van der Waals surface area contributed by atoms with Crippen LogP contribution in [0.4, 0.5) is 0 Å². The summed E-state index contributed by atoms with van der Waals surface area (Å²) >= 11 is 7.61. The number of amides is 1. The summed E-state index contributed by atoms with van der Waals surface area (Å²) in [5.41, 5.74) is 3.02. The molecule has 6 nitrogen and oxygen atoms in total. The molecule has 4 aromatic rings. The molecule has 2 aromatic heterocycles. The molecule has 0 spiro atoms. The molecule has 162 valence electrons. The van der Waals surface area contributed by atoms with Gasteiger partial charge in [-0.05, 0) is 12.1 Å². The van der Waals surface area contributed by atoms with E-state index >= 15 is 0 Å². The Balaban J connectivity index is 1.17. The van der Waals surface area contributed by atoms with Crippen molar-refractivity contribution in [3.05, 3.63) is 82.8 Å². The van der Waals surface area contributed by atoms with Crippen molar-refractivity contribution in [2.24, 2.45) is 0 Å². The van der Waals surface area contributed by atoms with Crippen LogP contribution in [0.5, 0.6) is 0 Å². The van der Waals surface area contributed by atoms with Crippen molar-refractivity contribution in [3.63, 3.8) is 0 Å². The van der Waals surface area contributed by atoms with Crippen LogP contribution in [0.15, 0.2) is 70.6 Å². The summed E-state index contributed by atoms with van der Waals surface area (Å²) in [4.78, 5) is 25.9. The molecule has 0 saturated carbocycles. The average Bonchev–Trinajstić information content (AvgIpc) is 3.51. The zero-order valence-corrected chi connectivity index (χ0v) is 18.9. The number of hydrogen-bond acceptors (Lipinski definition) is 6. The van der Waals surface area contributed by atoms with Crippen molar-refractivity contribution < 1.29 is 9.21 Å². The third-order valence-electron chi connectivity index (χ3n) is 5.43. The van der Waals surface area contributed by atoms with Crippen LogP contribution in [0.1, 0.15) is 16.4 Å². The van der Waals surface area contributed by atoms with Crippen molar-refractivity contribution in [1.29, 1.82) is 0 Å². The second kappa shape index (κ2) is 9.24. The Morgan fingerprint density at radius 1 is 1.00 bits per heavy atom. The summed E-state index contributed by atoms with van der Waals surface area (Å²) in [6, 6.07) is 17.4. The molecule has 0 bridgehead atoms. The summed E-state index contributed by atoms with van der Waals surface area (Å²) < 4.78 is 5.73. The van der Waals surface area contributed by atoms with E-state index in [1.54, 1.807) is 22.4 Å². The largest absolute Gasteiger partial charge is 0.432 e. The molecule has 0 atom stereocenters. The molecular weight excluding hydrogens is 444 g/mol. The molecule has 5 rings (SSSR count). The van der Waals surface area contributed by atoms with E-state index in [0.717, 1.165) is 46.5 Å². The maximum atomic E-state index is 12.8. The van der Waals surface area contributed by atoms with Gasteiger partial charge in [-0.25, -0.2) is 9.97 Å². The Morgan fingerprint density at radius 3 is 2.50 bits per heavy atom. The van der Waals surface area contributed by atoms with Gasteiger partial charge in [0.15, 0.2) is 5.76 Å². The lowest BCUT2D eigenvalue weighted by molar-refractivity contribution is 0.0590. The lowest BCUT2D eigenvalue weighted by Crippen LogP contribution is -2.48. The maximum Gasteiger partial charge on any atom is 0.309 e. The van der Waals surface area contributed by atoms with E-state index in [2.05, 4.69) is 15.3 Å². The molecule has 3 heterocycles. The third kappa shape index (κ3) is 4.60. The van der Waals surface area contributed by atoms with Crippen molar-refractivity contribution in [1.82, 2.24) is 19.8 Å². The number of thiazole rings is 1. The third-order valence-corrected chi connectivity index (χ3v) is 6.63. The van der Waals surface area contributed by atoms with E-state index in [9.17, 15) is 4.79 Å². The van der Waals surface area contributed by atoms with E-state index < -0.39 is 0 Å². The molecule has 2 aromatic carbocycles. The number of hydrogen-bond donors (Lipinski definition) is 0. The molecule has 32 heavy (non-hydrogen) atoms. The SMILES string of the molecule is O=C(c1ncc(-c2ccccc2)o1)N1CCN(Cc2csc(-c3ccc(Cl)cc3)n2)CC1. The van der Waals surface area contributed by atoms with Crippen LogP contribution < -0.4 is 0 Å². The van der Waals surface area contributed by atoms with Gasteiger partial charge in [-0.2, -0.15) is 0 Å². The summed E-state index contributed by atoms with van der Waals surface area (Å²) in [6.07, 6.45) is 1.61. The monoisotopic (exact) mass is 464 g/mol. The first-order valence-corrected chi connectivity index (χ1v) is 11.6. The second-order valence-electron chi connectivity index (χ2n) is 7.61. The van der Waals surface area contributed by atoms with Crippen LogP contribution in [0.2, 0.25) is 5.02 Å². The van der Waals surface area contributed by atoms with Gasteiger partial charge in [0.25, 0.3) is 5.89 Å². The van der Waals surface area contributed by atoms with Gasteiger partial charge in [-0.15, -0.1) is 11.3 Å². The number of oxazole rings is 1. The minimum absolute atomic E-state index is 0.143. The van der Waals surface area contributed by atoms with E-state index in [0.29, 0.717) is 18.8 Å². The minimum atomic E-state index is -0.162. The number of piperazine rings is 1. The smallest absolute Gasteiger partial charge is 0.309 e. The quantitative estimate of drug-likeness (QED) is 0.412. The predicted molar refractivity (Wildman–Crippen MR) is 126 cm³/mol. The van der Waals surface area contributed by atoms with Crippen LogP contribution in [-0.2, 0) is 6.54 Å². The van der Waals surface area contributed by atoms with Gasteiger partial charge in [0.1, 0.15) is 5.01 Å². The fourth-order valence-electron chi connectivity index (χ4n) is 3.69. The van der Waals surface area contributed by atoms with Crippen LogP contribution >= 0.6 is 22.9 Å². The predicted octanol–water partition coefficient (Wildman–Crippen LogP) is 5.08. The molecule has 0 radical (unpaired) electrons. The zero-order chi connectivity index (χ0) is 21.9. The van der Waals surface area contributed by atoms with E-state index in [-0.39, 0.29) is 11.8 Å². The van der Waals surface area contributed by atoms with E-state index in [4.69, 9.17) is 21.0 Å².